The van der Waals surface area contributed by atoms with Crippen LogP contribution in [0.4, 0.5) is 0 Å². The predicted molar refractivity (Wildman–Crippen MR) is 105 cm³/mol. The molecule has 1 aromatic rings. The van der Waals surface area contributed by atoms with Gasteiger partial charge in [0, 0.05) is 26.2 Å². The fraction of sp³-hybridized carbons (Fsp3) is 0.588. The Morgan fingerprint density at radius 1 is 1.27 bits per heavy atom. The molecule has 0 spiro atoms. The van der Waals surface area contributed by atoms with Gasteiger partial charge in [-0.25, -0.2) is 0 Å². The van der Waals surface area contributed by atoms with Gasteiger partial charge in [-0.15, -0.1) is 24.0 Å². The number of rotatable bonds is 6. The van der Waals surface area contributed by atoms with E-state index in [2.05, 4.69) is 59.8 Å². The van der Waals surface area contributed by atoms with Gasteiger partial charge < -0.3 is 15.5 Å². The SMILES string of the molecule is CCNC(=NCC1CCN(C)C1)NCCc1ccccc1.I. The van der Waals surface area contributed by atoms with Gasteiger partial charge in [-0.2, -0.15) is 0 Å². The van der Waals surface area contributed by atoms with Crippen molar-refractivity contribution in [2.24, 2.45) is 10.9 Å². The van der Waals surface area contributed by atoms with Crippen LogP contribution in [-0.4, -0.2) is 50.6 Å². The van der Waals surface area contributed by atoms with E-state index < -0.39 is 0 Å². The summed E-state index contributed by atoms with van der Waals surface area (Å²) >= 11 is 0. The zero-order valence-electron chi connectivity index (χ0n) is 13.7. The minimum atomic E-state index is 0. The molecule has 22 heavy (non-hydrogen) atoms. The molecule has 0 saturated carbocycles. The van der Waals surface area contributed by atoms with Gasteiger partial charge in [0.2, 0.25) is 0 Å². The zero-order chi connectivity index (χ0) is 14.9. The zero-order valence-corrected chi connectivity index (χ0v) is 16.0. The molecule has 0 amide bonds. The summed E-state index contributed by atoms with van der Waals surface area (Å²) in [5, 5.41) is 6.76. The summed E-state index contributed by atoms with van der Waals surface area (Å²) in [6.07, 6.45) is 2.29. The van der Waals surface area contributed by atoms with Crippen LogP contribution in [0.25, 0.3) is 0 Å². The molecule has 1 aliphatic heterocycles. The summed E-state index contributed by atoms with van der Waals surface area (Å²) in [6, 6.07) is 10.6. The van der Waals surface area contributed by atoms with Crippen LogP contribution in [-0.2, 0) is 6.42 Å². The molecule has 2 rings (SSSR count). The molecule has 4 nitrogen and oxygen atoms in total. The fourth-order valence-corrected chi connectivity index (χ4v) is 2.71. The van der Waals surface area contributed by atoms with Crippen LogP contribution in [0.15, 0.2) is 35.3 Å². The number of nitrogens with one attached hydrogen (secondary N) is 2. The molecule has 2 N–H and O–H groups in total. The van der Waals surface area contributed by atoms with Crippen molar-refractivity contribution in [1.29, 1.82) is 0 Å². The monoisotopic (exact) mass is 416 g/mol. The highest BCUT2D eigenvalue weighted by Gasteiger charge is 2.18. The first-order valence-electron chi connectivity index (χ1n) is 8.02. The number of likely N-dealkylation sites (tertiary alicyclic amines) is 1. The third-order valence-corrected chi connectivity index (χ3v) is 3.89. The second kappa shape index (κ2) is 10.8. The van der Waals surface area contributed by atoms with E-state index in [1.807, 2.05) is 0 Å². The van der Waals surface area contributed by atoms with E-state index in [-0.39, 0.29) is 24.0 Å². The third kappa shape index (κ3) is 6.96. The number of halogens is 1. The summed E-state index contributed by atoms with van der Waals surface area (Å²) in [6.45, 7) is 7.23. The standard InChI is InChI=1S/C17H28N4.HI/c1-3-18-17(20-13-16-10-12-21(2)14-16)19-11-9-15-7-5-4-6-8-15;/h4-8,16H,3,9-14H2,1-2H3,(H2,18,19,20);1H. The van der Waals surface area contributed by atoms with Gasteiger partial charge in [-0.3, -0.25) is 4.99 Å². The summed E-state index contributed by atoms with van der Waals surface area (Å²) in [4.78, 5) is 7.11. The Morgan fingerprint density at radius 2 is 2.05 bits per heavy atom. The Balaban J connectivity index is 0.00000242. The lowest BCUT2D eigenvalue weighted by Crippen LogP contribution is -2.38. The van der Waals surface area contributed by atoms with E-state index in [4.69, 9.17) is 4.99 Å². The molecule has 1 aromatic carbocycles. The van der Waals surface area contributed by atoms with Crippen molar-refractivity contribution in [3.63, 3.8) is 0 Å². The van der Waals surface area contributed by atoms with E-state index in [1.165, 1.54) is 25.1 Å². The van der Waals surface area contributed by atoms with Crippen LogP contribution in [0.2, 0.25) is 0 Å². The molecule has 1 saturated heterocycles. The van der Waals surface area contributed by atoms with E-state index >= 15 is 0 Å². The second-order valence-corrected chi connectivity index (χ2v) is 5.80. The average Bonchev–Trinajstić information content (AvgIpc) is 2.91. The Bertz CT molecular complexity index is 436. The molecule has 1 atom stereocenters. The first-order chi connectivity index (χ1) is 10.3. The van der Waals surface area contributed by atoms with Gasteiger partial charge in [0.15, 0.2) is 5.96 Å². The molecule has 124 valence electrons. The number of hydrogen-bond acceptors (Lipinski definition) is 2. The number of guanidine groups is 1. The molecule has 0 radical (unpaired) electrons. The average molecular weight is 416 g/mol. The summed E-state index contributed by atoms with van der Waals surface area (Å²) in [7, 11) is 2.19. The lowest BCUT2D eigenvalue weighted by Gasteiger charge is -2.13. The minimum absolute atomic E-state index is 0. The number of nitrogens with zero attached hydrogens (tertiary/aromatic N) is 2. The van der Waals surface area contributed by atoms with E-state index in [0.29, 0.717) is 5.92 Å². The van der Waals surface area contributed by atoms with Crippen molar-refractivity contribution in [1.82, 2.24) is 15.5 Å². The van der Waals surface area contributed by atoms with Gasteiger partial charge in [0.25, 0.3) is 0 Å². The lowest BCUT2D eigenvalue weighted by molar-refractivity contribution is 0.397. The van der Waals surface area contributed by atoms with Gasteiger partial charge in [0.1, 0.15) is 0 Å². The van der Waals surface area contributed by atoms with Gasteiger partial charge in [-0.1, -0.05) is 30.3 Å². The molecular weight excluding hydrogens is 387 g/mol. The summed E-state index contributed by atoms with van der Waals surface area (Å²) < 4.78 is 0. The molecule has 0 aliphatic carbocycles. The van der Waals surface area contributed by atoms with Crippen LogP contribution in [0.3, 0.4) is 0 Å². The number of hydrogen-bond donors (Lipinski definition) is 2. The lowest BCUT2D eigenvalue weighted by atomic mass is 10.1. The Morgan fingerprint density at radius 3 is 2.68 bits per heavy atom. The van der Waals surface area contributed by atoms with Gasteiger partial charge in [0.05, 0.1) is 0 Å². The fourth-order valence-electron chi connectivity index (χ4n) is 2.71. The molecule has 0 bridgehead atoms. The van der Waals surface area contributed by atoms with E-state index in [0.717, 1.165) is 32.0 Å². The normalized spacial score (nSPS) is 18.8. The second-order valence-electron chi connectivity index (χ2n) is 5.80. The first kappa shape index (κ1) is 19.2. The molecular formula is C17H29IN4. The maximum atomic E-state index is 4.73. The molecule has 1 unspecified atom stereocenters. The summed E-state index contributed by atoms with van der Waals surface area (Å²) in [5.41, 5.74) is 1.36. The maximum absolute atomic E-state index is 4.73. The highest BCUT2D eigenvalue weighted by molar-refractivity contribution is 14.0. The molecule has 1 heterocycles. The topological polar surface area (TPSA) is 39.7 Å². The van der Waals surface area contributed by atoms with E-state index in [1.54, 1.807) is 0 Å². The van der Waals surface area contributed by atoms with E-state index in [9.17, 15) is 0 Å². The van der Waals surface area contributed by atoms with Gasteiger partial charge >= 0.3 is 0 Å². The molecule has 5 heteroatoms. The Labute approximate surface area is 151 Å². The third-order valence-electron chi connectivity index (χ3n) is 3.89. The highest BCUT2D eigenvalue weighted by Crippen LogP contribution is 2.14. The van der Waals surface area contributed by atoms with Crippen LogP contribution in [0.1, 0.15) is 18.9 Å². The van der Waals surface area contributed by atoms with Crippen molar-refractivity contribution in [3.8, 4) is 0 Å². The Kier molecular flexibility index (Phi) is 9.47. The first-order valence-corrected chi connectivity index (χ1v) is 8.02. The highest BCUT2D eigenvalue weighted by atomic mass is 127. The largest absolute Gasteiger partial charge is 0.357 e. The summed E-state index contributed by atoms with van der Waals surface area (Å²) in [5.74, 6) is 1.66. The Hall–Kier alpha value is -0.820. The molecule has 0 aromatic heterocycles. The molecule has 1 aliphatic rings. The predicted octanol–water partition coefficient (Wildman–Crippen LogP) is 2.35. The van der Waals surface area contributed by atoms with Gasteiger partial charge in [-0.05, 0) is 44.8 Å². The van der Waals surface area contributed by atoms with Crippen molar-refractivity contribution < 1.29 is 0 Å². The van der Waals surface area contributed by atoms with Crippen LogP contribution >= 0.6 is 24.0 Å². The van der Waals surface area contributed by atoms with Crippen LogP contribution in [0, 0.1) is 5.92 Å². The minimum Gasteiger partial charge on any atom is -0.357 e. The van der Waals surface area contributed by atoms with Crippen LogP contribution < -0.4 is 10.6 Å². The number of benzene rings is 1. The van der Waals surface area contributed by atoms with Crippen molar-refractivity contribution in [2.45, 2.75) is 19.8 Å². The quantitative estimate of drug-likeness (QED) is 0.425. The molecule has 1 fully saturated rings. The van der Waals surface area contributed by atoms with Crippen molar-refractivity contribution in [2.75, 3.05) is 39.8 Å². The smallest absolute Gasteiger partial charge is 0.191 e. The van der Waals surface area contributed by atoms with Crippen molar-refractivity contribution >= 4 is 29.9 Å². The van der Waals surface area contributed by atoms with Crippen molar-refractivity contribution in [3.05, 3.63) is 35.9 Å². The number of aliphatic imine (C=N–C) groups is 1. The van der Waals surface area contributed by atoms with Crippen LogP contribution in [0.5, 0.6) is 0 Å². The maximum Gasteiger partial charge on any atom is 0.191 e.